The van der Waals surface area contributed by atoms with Crippen molar-refractivity contribution in [2.45, 2.75) is 46.1 Å². The molecule has 1 amide bonds. The Bertz CT molecular complexity index is 1250. The number of ether oxygens (including phenoxy) is 2. The Labute approximate surface area is 197 Å². The van der Waals surface area contributed by atoms with Crippen LogP contribution in [0.3, 0.4) is 0 Å². The van der Waals surface area contributed by atoms with Crippen LogP contribution in [-0.2, 0) is 9.53 Å². The summed E-state index contributed by atoms with van der Waals surface area (Å²) in [4.78, 5) is 37.1. The first-order valence-corrected chi connectivity index (χ1v) is 11.1. The van der Waals surface area contributed by atoms with E-state index in [-0.39, 0.29) is 11.0 Å². The van der Waals surface area contributed by atoms with Gasteiger partial charge in [0, 0.05) is 5.56 Å². The number of carbonyl (C=O) groups is 2. The number of fused-ring (bicyclic) bond motifs is 1. The largest absolute Gasteiger partial charge is 0.506 e. The summed E-state index contributed by atoms with van der Waals surface area (Å²) in [6, 6.07) is 12.3. The van der Waals surface area contributed by atoms with Crippen LogP contribution in [0.15, 0.2) is 51.7 Å². The topological polar surface area (TPSA) is 115 Å². The minimum atomic E-state index is -1.02. The molecular formula is C26H29NO7. The SMILES string of the molecule is CCCCOc1cccc(-c2cccc3c(O)c(C(=O)NCC(=O)OC(C)(C)C)c(=O)oc23)c1. The molecule has 0 aliphatic rings. The van der Waals surface area contributed by atoms with E-state index in [1.807, 2.05) is 24.3 Å². The Kier molecular flexibility index (Phi) is 7.61. The Morgan fingerprint density at radius 1 is 1.12 bits per heavy atom. The molecule has 1 heterocycles. The van der Waals surface area contributed by atoms with Crippen molar-refractivity contribution in [3.05, 3.63) is 58.4 Å². The number of benzene rings is 2. The molecule has 0 atom stereocenters. The van der Waals surface area contributed by atoms with Gasteiger partial charge in [0.1, 0.15) is 29.2 Å². The second kappa shape index (κ2) is 10.4. The highest BCUT2D eigenvalue weighted by Gasteiger charge is 2.24. The highest BCUT2D eigenvalue weighted by Crippen LogP contribution is 2.34. The van der Waals surface area contributed by atoms with Gasteiger partial charge in [-0.3, -0.25) is 9.59 Å². The molecule has 8 nitrogen and oxygen atoms in total. The van der Waals surface area contributed by atoms with E-state index in [1.165, 1.54) is 0 Å². The quantitative estimate of drug-likeness (QED) is 0.286. The van der Waals surface area contributed by atoms with Crippen molar-refractivity contribution in [1.82, 2.24) is 5.32 Å². The van der Waals surface area contributed by atoms with Gasteiger partial charge in [0.25, 0.3) is 5.91 Å². The minimum Gasteiger partial charge on any atom is -0.506 e. The van der Waals surface area contributed by atoms with Gasteiger partial charge in [0.15, 0.2) is 5.56 Å². The summed E-state index contributed by atoms with van der Waals surface area (Å²) < 4.78 is 16.4. The van der Waals surface area contributed by atoms with Crippen molar-refractivity contribution < 1.29 is 28.6 Å². The Morgan fingerprint density at radius 3 is 2.56 bits per heavy atom. The molecule has 2 aromatic carbocycles. The van der Waals surface area contributed by atoms with E-state index in [1.54, 1.807) is 39.0 Å². The lowest BCUT2D eigenvalue weighted by Gasteiger charge is -2.19. The summed E-state index contributed by atoms with van der Waals surface area (Å²) in [7, 11) is 0. The highest BCUT2D eigenvalue weighted by molar-refractivity contribution is 6.04. The molecule has 0 unspecified atom stereocenters. The van der Waals surface area contributed by atoms with Gasteiger partial charge in [-0.2, -0.15) is 0 Å². The fourth-order valence-electron chi connectivity index (χ4n) is 3.34. The Morgan fingerprint density at radius 2 is 1.85 bits per heavy atom. The van der Waals surface area contributed by atoms with E-state index in [4.69, 9.17) is 13.9 Å². The summed E-state index contributed by atoms with van der Waals surface area (Å²) in [5, 5.41) is 13.2. The van der Waals surface area contributed by atoms with Crippen LogP contribution in [0.4, 0.5) is 0 Å². The van der Waals surface area contributed by atoms with Crippen LogP contribution in [-0.4, -0.2) is 35.7 Å². The van der Waals surface area contributed by atoms with Gasteiger partial charge in [-0.15, -0.1) is 0 Å². The molecule has 8 heteroatoms. The summed E-state index contributed by atoms with van der Waals surface area (Å²) >= 11 is 0. The average Bonchev–Trinajstić information content (AvgIpc) is 2.77. The van der Waals surface area contributed by atoms with E-state index in [0.717, 1.165) is 18.4 Å². The zero-order chi connectivity index (χ0) is 24.9. The molecule has 1 aromatic heterocycles. The van der Waals surface area contributed by atoms with Crippen LogP contribution >= 0.6 is 0 Å². The molecule has 0 fully saturated rings. The second-order valence-corrected chi connectivity index (χ2v) is 8.79. The highest BCUT2D eigenvalue weighted by atomic mass is 16.6. The van der Waals surface area contributed by atoms with E-state index in [0.29, 0.717) is 17.9 Å². The summed E-state index contributed by atoms with van der Waals surface area (Å²) in [6.45, 7) is 7.30. The number of carbonyl (C=O) groups excluding carboxylic acids is 2. The first-order chi connectivity index (χ1) is 16.1. The molecule has 3 rings (SSSR count). The number of amides is 1. The number of para-hydroxylation sites is 1. The second-order valence-electron chi connectivity index (χ2n) is 8.79. The zero-order valence-corrected chi connectivity index (χ0v) is 19.8. The lowest BCUT2D eigenvalue weighted by atomic mass is 10.0. The van der Waals surface area contributed by atoms with Crippen molar-refractivity contribution in [2.24, 2.45) is 0 Å². The van der Waals surface area contributed by atoms with Crippen LogP contribution in [0.5, 0.6) is 11.5 Å². The molecule has 0 saturated carbocycles. The van der Waals surface area contributed by atoms with Gasteiger partial charge in [-0.1, -0.05) is 37.6 Å². The number of nitrogens with one attached hydrogen (secondary N) is 1. The molecular weight excluding hydrogens is 438 g/mol. The monoisotopic (exact) mass is 467 g/mol. The van der Waals surface area contributed by atoms with E-state index in [2.05, 4.69) is 12.2 Å². The Hall–Kier alpha value is -3.81. The predicted octanol–water partition coefficient (Wildman–Crippen LogP) is 4.42. The number of rotatable bonds is 8. The van der Waals surface area contributed by atoms with Crippen molar-refractivity contribution in [2.75, 3.05) is 13.2 Å². The first-order valence-electron chi connectivity index (χ1n) is 11.1. The summed E-state index contributed by atoms with van der Waals surface area (Å²) in [6.07, 6.45) is 1.95. The van der Waals surface area contributed by atoms with E-state index >= 15 is 0 Å². The van der Waals surface area contributed by atoms with Crippen molar-refractivity contribution in [3.8, 4) is 22.6 Å². The van der Waals surface area contributed by atoms with Gasteiger partial charge < -0.3 is 24.3 Å². The molecule has 0 aliphatic heterocycles. The van der Waals surface area contributed by atoms with Gasteiger partial charge in [-0.25, -0.2) is 4.79 Å². The number of hydrogen-bond donors (Lipinski definition) is 2. The third kappa shape index (κ3) is 5.95. The standard InChI is InChI=1S/C26H29NO7/c1-5-6-13-32-17-10-7-9-16(14-17)18-11-8-12-19-22(29)21(25(31)33-23(18)19)24(30)27-15-20(28)34-26(2,3)4/h7-12,14,29H,5-6,13,15H2,1-4H3,(H,27,30). The third-order valence-electron chi connectivity index (χ3n) is 4.86. The molecule has 0 saturated heterocycles. The van der Waals surface area contributed by atoms with E-state index < -0.39 is 41.0 Å². The van der Waals surface area contributed by atoms with Gasteiger partial charge in [0.2, 0.25) is 0 Å². The van der Waals surface area contributed by atoms with Crippen LogP contribution in [0.1, 0.15) is 50.9 Å². The maximum Gasteiger partial charge on any atom is 0.353 e. The number of aromatic hydroxyl groups is 1. The number of unbranched alkanes of at least 4 members (excludes halogenated alkanes) is 1. The van der Waals surface area contributed by atoms with Crippen LogP contribution in [0.2, 0.25) is 0 Å². The Balaban J connectivity index is 1.92. The molecule has 180 valence electrons. The zero-order valence-electron chi connectivity index (χ0n) is 19.8. The maximum atomic E-state index is 12.7. The predicted molar refractivity (Wildman–Crippen MR) is 128 cm³/mol. The normalized spacial score (nSPS) is 11.3. The molecule has 34 heavy (non-hydrogen) atoms. The van der Waals surface area contributed by atoms with Crippen molar-refractivity contribution >= 4 is 22.8 Å². The fraction of sp³-hybridized carbons (Fsp3) is 0.346. The van der Waals surface area contributed by atoms with Gasteiger partial charge in [0.05, 0.1) is 12.0 Å². The molecule has 0 spiro atoms. The van der Waals surface area contributed by atoms with Gasteiger partial charge in [-0.05, 0) is 51.0 Å². The number of hydrogen-bond acceptors (Lipinski definition) is 7. The minimum absolute atomic E-state index is 0.138. The average molecular weight is 468 g/mol. The third-order valence-corrected chi connectivity index (χ3v) is 4.86. The summed E-state index contributed by atoms with van der Waals surface area (Å²) in [5.74, 6) is -1.46. The summed E-state index contributed by atoms with van der Waals surface area (Å²) in [5.41, 5.74) is -0.893. The van der Waals surface area contributed by atoms with Crippen LogP contribution in [0, 0.1) is 0 Å². The lowest BCUT2D eigenvalue weighted by molar-refractivity contribution is -0.153. The molecule has 0 bridgehead atoms. The van der Waals surface area contributed by atoms with Crippen LogP contribution < -0.4 is 15.7 Å². The van der Waals surface area contributed by atoms with E-state index in [9.17, 15) is 19.5 Å². The lowest BCUT2D eigenvalue weighted by Crippen LogP contribution is -2.36. The van der Waals surface area contributed by atoms with Crippen LogP contribution in [0.25, 0.3) is 22.1 Å². The molecule has 0 radical (unpaired) electrons. The smallest absolute Gasteiger partial charge is 0.353 e. The van der Waals surface area contributed by atoms with Crippen molar-refractivity contribution in [1.29, 1.82) is 0 Å². The fourth-order valence-corrected chi connectivity index (χ4v) is 3.34. The molecule has 3 aromatic rings. The first kappa shape index (κ1) is 24.8. The van der Waals surface area contributed by atoms with Gasteiger partial charge >= 0.3 is 11.6 Å². The molecule has 0 aliphatic carbocycles. The number of esters is 1. The van der Waals surface area contributed by atoms with Crippen molar-refractivity contribution in [3.63, 3.8) is 0 Å². The maximum absolute atomic E-state index is 12.7. The molecule has 2 N–H and O–H groups in total.